The summed E-state index contributed by atoms with van der Waals surface area (Å²) in [7, 11) is 1.93. The van der Waals surface area contributed by atoms with E-state index in [1.54, 1.807) is 0 Å². The molecule has 0 bridgehead atoms. The van der Waals surface area contributed by atoms with E-state index in [9.17, 15) is 0 Å². The Morgan fingerprint density at radius 2 is 1.60 bits per heavy atom. The van der Waals surface area contributed by atoms with Gasteiger partial charge in [-0.15, -0.1) is 0 Å². The monoisotopic (exact) mass is 334 g/mol. The molecule has 130 valence electrons. The van der Waals surface area contributed by atoms with Crippen LogP contribution in [0.3, 0.4) is 0 Å². The summed E-state index contributed by atoms with van der Waals surface area (Å²) in [5.74, 6) is 0.928. The third-order valence-electron chi connectivity index (χ3n) is 4.54. The average Bonchev–Trinajstić information content (AvgIpc) is 2.67. The van der Waals surface area contributed by atoms with Crippen molar-refractivity contribution in [2.24, 2.45) is 5.73 Å². The van der Waals surface area contributed by atoms with Crippen LogP contribution < -0.4 is 15.8 Å². The zero-order valence-electron chi connectivity index (χ0n) is 14.8. The van der Waals surface area contributed by atoms with E-state index in [2.05, 4.69) is 47.8 Å². The molecule has 0 atom stereocenters. The lowest BCUT2D eigenvalue weighted by Crippen LogP contribution is -2.03. The molecular weight excluding hydrogens is 308 g/mol. The average molecular weight is 334 g/mol. The van der Waals surface area contributed by atoms with Crippen molar-refractivity contribution < 1.29 is 4.74 Å². The maximum atomic E-state index is 5.87. The molecule has 0 aliphatic heterocycles. The predicted octanol–water partition coefficient (Wildman–Crippen LogP) is 5.12. The van der Waals surface area contributed by atoms with Crippen LogP contribution in [0.2, 0.25) is 0 Å². The van der Waals surface area contributed by atoms with Gasteiger partial charge in [-0.05, 0) is 67.2 Å². The van der Waals surface area contributed by atoms with Crippen LogP contribution in [-0.4, -0.2) is 13.7 Å². The highest BCUT2D eigenvalue weighted by Crippen LogP contribution is 2.24. The third-order valence-corrected chi connectivity index (χ3v) is 4.54. The van der Waals surface area contributed by atoms with Crippen molar-refractivity contribution in [3.8, 4) is 16.9 Å². The molecule has 1 aliphatic carbocycles. The molecule has 3 heteroatoms. The molecule has 0 heterocycles. The lowest BCUT2D eigenvalue weighted by Gasteiger charge is -2.12. The second-order valence-corrected chi connectivity index (χ2v) is 6.37. The van der Waals surface area contributed by atoms with Crippen LogP contribution in [0.25, 0.3) is 11.1 Å². The Morgan fingerprint density at radius 3 is 2.20 bits per heavy atom. The van der Waals surface area contributed by atoms with E-state index in [0.717, 1.165) is 49.4 Å². The van der Waals surface area contributed by atoms with Gasteiger partial charge < -0.3 is 15.8 Å². The van der Waals surface area contributed by atoms with Crippen molar-refractivity contribution in [2.45, 2.75) is 25.7 Å². The minimum absolute atomic E-state index is 0.743. The van der Waals surface area contributed by atoms with Crippen LogP contribution >= 0.6 is 0 Å². The molecule has 2 aromatic rings. The van der Waals surface area contributed by atoms with E-state index in [0.29, 0.717) is 0 Å². The number of allylic oxidation sites excluding steroid dienone is 4. The van der Waals surface area contributed by atoms with Crippen molar-refractivity contribution in [3.63, 3.8) is 0 Å². The van der Waals surface area contributed by atoms with Crippen molar-refractivity contribution in [1.82, 2.24) is 0 Å². The summed E-state index contributed by atoms with van der Waals surface area (Å²) >= 11 is 0. The van der Waals surface area contributed by atoms with Crippen LogP contribution in [-0.2, 0) is 0 Å². The molecule has 3 rings (SSSR count). The predicted molar refractivity (Wildman–Crippen MR) is 106 cm³/mol. The lowest BCUT2D eigenvalue weighted by molar-refractivity contribution is 0.310. The number of nitrogens with one attached hydrogen (secondary N) is 1. The fourth-order valence-corrected chi connectivity index (χ4v) is 2.97. The Bertz CT molecular complexity index is 743. The molecule has 1 aliphatic rings. The van der Waals surface area contributed by atoms with Crippen LogP contribution in [0.5, 0.6) is 5.75 Å². The molecule has 0 fully saturated rings. The fraction of sp³-hybridized carbons (Fsp3) is 0.273. The summed E-state index contributed by atoms with van der Waals surface area (Å²) in [4.78, 5) is 0. The normalized spacial score (nSPS) is 13.8. The van der Waals surface area contributed by atoms with E-state index in [1.165, 1.54) is 16.7 Å². The first-order valence-corrected chi connectivity index (χ1v) is 8.90. The number of benzene rings is 2. The van der Waals surface area contributed by atoms with Gasteiger partial charge in [0.25, 0.3) is 0 Å². The molecular formula is C22H26N2O. The van der Waals surface area contributed by atoms with Gasteiger partial charge in [0.05, 0.1) is 6.61 Å². The van der Waals surface area contributed by atoms with Gasteiger partial charge in [-0.2, -0.15) is 0 Å². The third kappa shape index (κ3) is 4.90. The first-order valence-electron chi connectivity index (χ1n) is 8.90. The van der Waals surface area contributed by atoms with Gasteiger partial charge in [0.1, 0.15) is 5.75 Å². The second kappa shape index (κ2) is 8.43. The molecule has 0 saturated heterocycles. The van der Waals surface area contributed by atoms with Crippen LogP contribution in [0.4, 0.5) is 5.69 Å². The van der Waals surface area contributed by atoms with Gasteiger partial charge in [-0.1, -0.05) is 35.9 Å². The zero-order chi connectivity index (χ0) is 17.5. The highest BCUT2D eigenvalue weighted by Gasteiger charge is 2.04. The first kappa shape index (κ1) is 17.2. The minimum Gasteiger partial charge on any atom is -0.494 e. The first-order chi connectivity index (χ1) is 12.2. The topological polar surface area (TPSA) is 47.3 Å². The Morgan fingerprint density at radius 1 is 0.920 bits per heavy atom. The number of rotatable bonds is 7. The minimum atomic E-state index is 0.743. The molecule has 0 spiro atoms. The Labute approximate surface area is 150 Å². The van der Waals surface area contributed by atoms with Crippen molar-refractivity contribution in [2.75, 3.05) is 19.0 Å². The Kier molecular flexibility index (Phi) is 5.78. The van der Waals surface area contributed by atoms with Gasteiger partial charge >= 0.3 is 0 Å². The van der Waals surface area contributed by atoms with Gasteiger partial charge in [0, 0.05) is 18.4 Å². The van der Waals surface area contributed by atoms with E-state index < -0.39 is 0 Å². The SMILES string of the molecule is CNc1ccc(-c2ccc(OCCCC3=CC=C(N)CC3)cc2)cc1. The highest BCUT2D eigenvalue weighted by molar-refractivity contribution is 5.66. The molecule has 0 unspecified atom stereocenters. The van der Waals surface area contributed by atoms with Crippen LogP contribution in [0.1, 0.15) is 25.7 Å². The number of anilines is 1. The molecule has 0 radical (unpaired) electrons. The van der Waals surface area contributed by atoms with Crippen LogP contribution in [0.15, 0.2) is 72.0 Å². The van der Waals surface area contributed by atoms with E-state index in [1.807, 2.05) is 25.3 Å². The standard InChI is InChI=1S/C22H26N2O/c1-24-21-12-6-18(7-13-21)19-8-14-22(15-9-19)25-16-2-3-17-4-10-20(23)11-5-17/h4,6-10,12-15,24H,2-3,5,11,16,23H2,1H3. The second-order valence-electron chi connectivity index (χ2n) is 6.37. The van der Waals surface area contributed by atoms with Crippen molar-refractivity contribution >= 4 is 5.69 Å². The summed E-state index contributed by atoms with van der Waals surface area (Å²) in [5.41, 5.74) is 11.8. The number of hydrogen-bond acceptors (Lipinski definition) is 3. The van der Waals surface area contributed by atoms with Gasteiger partial charge in [-0.25, -0.2) is 0 Å². The fourth-order valence-electron chi connectivity index (χ4n) is 2.97. The largest absolute Gasteiger partial charge is 0.494 e. The summed E-state index contributed by atoms with van der Waals surface area (Å²) in [6, 6.07) is 16.7. The maximum Gasteiger partial charge on any atom is 0.119 e. The van der Waals surface area contributed by atoms with E-state index in [4.69, 9.17) is 10.5 Å². The molecule has 0 aromatic heterocycles. The van der Waals surface area contributed by atoms with Gasteiger partial charge in [0.2, 0.25) is 0 Å². The highest BCUT2D eigenvalue weighted by atomic mass is 16.5. The Hall–Kier alpha value is -2.68. The number of nitrogens with two attached hydrogens (primary N) is 1. The summed E-state index contributed by atoms with van der Waals surface area (Å²) in [5, 5.41) is 3.14. The molecule has 2 aromatic carbocycles. The molecule has 3 N–H and O–H groups in total. The number of ether oxygens (including phenoxy) is 1. The van der Waals surface area contributed by atoms with Crippen molar-refractivity contribution in [1.29, 1.82) is 0 Å². The summed E-state index contributed by atoms with van der Waals surface area (Å²) < 4.78 is 5.87. The quantitative estimate of drug-likeness (QED) is 0.691. The molecule has 25 heavy (non-hydrogen) atoms. The molecule has 0 saturated carbocycles. The van der Waals surface area contributed by atoms with Crippen LogP contribution in [0, 0.1) is 0 Å². The number of hydrogen-bond donors (Lipinski definition) is 2. The Balaban J connectivity index is 1.47. The zero-order valence-corrected chi connectivity index (χ0v) is 14.8. The maximum absolute atomic E-state index is 5.87. The summed E-state index contributed by atoms with van der Waals surface area (Å²) in [6.07, 6.45) is 8.38. The smallest absolute Gasteiger partial charge is 0.119 e. The van der Waals surface area contributed by atoms with Gasteiger partial charge in [-0.3, -0.25) is 0 Å². The van der Waals surface area contributed by atoms with E-state index in [-0.39, 0.29) is 0 Å². The summed E-state index contributed by atoms with van der Waals surface area (Å²) in [6.45, 7) is 0.743. The molecule has 0 amide bonds. The van der Waals surface area contributed by atoms with Gasteiger partial charge in [0.15, 0.2) is 0 Å². The lowest BCUT2D eigenvalue weighted by atomic mass is 9.99. The van der Waals surface area contributed by atoms with E-state index >= 15 is 0 Å². The molecule has 3 nitrogen and oxygen atoms in total. The van der Waals surface area contributed by atoms with Crippen molar-refractivity contribution in [3.05, 3.63) is 72.0 Å².